The molecule has 0 aliphatic carbocycles. The third-order valence-electron chi connectivity index (χ3n) is 3.98. The smallest absolute Gasteiger partial charge is 0.408 e. The summed E-state index contributed by atoms with van der Waals surface area (Å²) in [6.07, 6.45) is 1.41. The minimum atomic E-state index is -0.947. The van der Waals surface area contributed by atoms with Crippen molar-refractivity contribution in [3.05, 3.63) is 29.8 Å². The van der Waals surface area contributed by atoms with Gasteiger partial charge in [0.05, 0.1) is 13.7 Å². The van der Waals surface area contributed by atoms with Crippen LogP contribution in [0.1, 0.15) is 53.0 Å². The second-order valence-electron chi connectivity index (χ2n) is 8.09. The molecule has 0 bridgehead atoms. The van der Waals surface area contributed by atoms with E-state index in [0.717, 1.165) is 24.2 Å². The van der Waals surface area contributed by atoms with E-state index >= 15 is 0 Å². The summed E-state index contributed by atoms with van der Waals surface area (Å²) in [6.45, 7) is 10.1. The fraction of sp³-hybridized carbons (Fsp3) is 0.636. The van der Waals surface area contributed by atoms with Crippen LogP contribution in [0.2, 0.25) is 0 Å². The van der Waals surface area contributed by atoms with Crippen molar-refractivity contribution in [3.63, 3.8) is 0 Å². The average Bonchev–Trinajstić information content (AvgIpc) is 2.64. The third-order valence-corrected chi connectivity index (χ3v) is 3.98. The molecule has 0 saturated carbocycles. The van der Waals surface area contributed by atoms with E-state index in [1.165, 1.54) is 0 Å². The largest absolute Gasteiger partial charge is 0.497 e. The van der Waals surface area contributed by atoms with Crippen LogP contribution in [0.25, 0.3) is 0 Å². The molecule has 0 aliphatic rings. The van der Waals surface area contributed by atoms with E-state index in [2.05, 4.69) is 19.2 Å². The van der Waals surface area contributed by atoms with Crippen LogP contribution >= 0.6 is 0 Å². The molecule has 0 radical (unpaired) electrons. The lowest BCUT2D eigenvalue weighted by Crippen LogP contribution is -2.47. The first-order chi connectivity index (χ1) is 13.6. The zero-order valence-electron chi connectivity index (χ0n) is 18.4. The van der Waals surface area contributed by atoms with E-state index in [-0.39, 0.29) is 13.2 Å². The summed E-state index contributed by atoms with van der Waals surface area (Å²) < 4.78 is 21.4. The van der Waals surface area contributed by atoms with Gasteiger partial charge >= 0.3 is 12.1 Å². The molecule has 0 aliphatic heterocycles. The monoisotopic (exact) mass is 409 g/mol. The number of nitrogens with one attached hydrogen (secondary N) is 1. The summed E-state index contributed by atoms with van der Waals surface area (Å²) in [5, 5.41) is 2.55. The molecule has 1 aromatic carbocycles. The van der Waals surface area contributed by atoms with Crippen LogP contribution < -0.4 is 10.1 Å². The number of esters is 1. The van der Waals surface area contributed by atoms with Crippen molar-refractivity contribution >= 4 is 12.1 Å². The summed E-state index contributed by atoms with van der Waals surface area (Å²) >= 11 is 0. The highest BCUT2D eigenvalue weighted by Gasteiger charge is 2.26. The first-order valence-corrected chi connectivity index (χ1v) is 10.0. The molecule has 0 saturated heterocycles. The van der Waals surface area contributed by atoms with Gasteiger partial charge in [0.15, 0.2) is 6.04 Å². The van der Waals surface area contributed by atoms with Crippen LogP contribution in [0.4, 0.5) is 4.79 Å². The molecule has 1 rings (SSSR count). The Kier molecular flexibility index (Phi) is 10.5. The van der Waals surface area contributed by atoms with Gasteiger partial charge < -0.3 is 24.3 Å². The number of hydrogen-bond donors (Lipinski definition) is 1. The van der Waals surface area contributed by atoms with Crippen molar-refractivity contribution in [3.8, 4) is 5.75 Å². The Balaban J connectivity index is 2.65. The maximum Gasteiger partial charge on any atom is 0.408 e. The van der Waals surface area contributed by atoms with Crippen LogP contribution in [-0.2, 0) is 25.6 Å². The zero-order valence-corrected chi connectivity index (χ0v) is 18.4. The fourth-order valence-electron chi connectivity index (χ4n) is 2.56. The summed E-state index contributed by atoms with van der Waals surface area (Å²) in [5.41, 5.74) is 0.144. The molecular formula is C22H35NO6. The van der Waals surface area contributed by atoms with Gasteiger partial charge in [-0.3, -0.25) is 0 Å². The zero-order chi connectivity index (χ0) is 21.9. The van der Waals surface area contributed by atoms with Crippen molar-refractivity contribution in [2.45, 2.75) is 65.7 Å². The molecule has 7 nitrogen and oxygen atoms in total. The highest BCUT2D eigenvalue weighted by molar-refractivity contribution is 5.81. The quantitative estimate of drug-likeness (QED) is 0.555. The molecule has 2 atom stereocenters. The van der Waals surface area contributed by atoms with E-state index in [4.69, 9.17) is 18.9 Å². The highest BCUT2D eigenvalue weighted by Crippen LogP contribution is 2.13. The number of benzene rings is 1. The Hall–Kier alpha value is -2.28. The second-order valence-corrected chi connectivity index (χ2v) is 8.09. The number of alkyl carbamates (subject to hydrolysis) is 1. The maximum atomic E-state index is 12.5. The molecule has 164 valence electrons. The number of rotatable bonds is 11. The van der Waals surface area contributed by atoms with E-state index in [0.29, 0.717) is 12.5 Å². The van der Waals surface area contributed by atoms with Gasteiger partial charge in [-0.1, -0.05) is 32.4 Å². The van der Waals surface area contributed by atoms with Crippen LogP contribution in [0.3, 0.4) is 0 Å². The lowest BCUT2D eigenvalue weighted by Gasteiger charge is -2.23. The van der Waals surface area contributed by atoms with Gasteiger partial charge in [0.25, 0.3) is 0 Å². The Morgan fingerprint density at radius 3 is 2.31 bits per heavy atom. The van der Waals surface area contributed by atoms with Gasteiger partial charge in [0.2, 0.25) is 0 Å². The van der Waals surface area contributed by atoms with E-state index in [1.54, 1.807) is 40.0 Å². The molecule has 0 spiro atoms. The molecule has 1 unspecified atom stereocenters. The van der Waals surface area contributed by atoms with E-state index < -0.39 is 23.7 Å². The minimum Gasteiger partial charge on any atom is -0.497 e. The molecule has 1 aromatic rings. The Labute approximate surface area is 174 Å². The van der Waals surface area contributed by atoms with Crippen molar-refractivity contribution in [1.29, 1.82) is 0 Å². The first-order valence-electron chi connectivity index (χ1n) is 10.0. The van der Waals surface area contributed by atoms with Crippen molar-refractivity contribution in [2.75, 3.05) is 20.3 Å². The molecule has 0 fully saturated rings. The SMILES string of the molecule is CCCC(C)COC[C@@H](NC(=O)OC(C)(C)C)C(=O)OCc1ccc(OC)cc1. The van der Waals surface area contributed by atoms with Crippen LogP contribution in [-0.4, -0.2) is 44.0 Å². The summed E-state index contributed by atoms with van der Waals surface area (Å²) in [7, 11) is 1.59. The Morgan fingerprint density at radius 2 is 1.76 bits per heavy atom. The van der Waals surface area contributed by atoms with Gasteiger partial charge in [0.1, 0.15) is 18.0 Å². The van der Waals surface area contributed by atoms with Gasteiger partial charge in [-0.25, -0.2) is 9.59 Å². The fourth-order valence-corrected chi connectivity index (χ4v) is 2.56. The van der Waals surface area contributed by atoms with Crippen LogP contribution in [0.5, 0.6) is 5.75 Å². The normalized spacial score (nSPS) is 13.3. The molecular weight excluding hydrogens is 374 g/mol. The number of carbonyl (C=O) groups excluding carboxylic acids is 2. The molecule has 7 heteroatoms. The lowest BCUT2D eigenvalue weighted by molar-refractivity contribution is -0.149. The van der Waals surface area contributed by atoms with Crippen LogP contribution in [0, 0.1) is 5.92 Å². The standard InChI is InChI=1S/C22H35NO6/c1-7-8-16(2)13-27-15-19(23-21(25)29-22(3,4)5)20(24)28-14-17-9-11-18(26-6)12-10-17/h9-12,16,19H,7-8,13-15H2,1-6H3,(H,23,25)/t16?,19-/m1/s1. The van der Waals surface area contributed by atoms with E-state index in [1.807, 2.05) is 12.1 Å². The second kappa shape index (κ2) is 12.3. The lowest BCUT2D eigenvalue weighted by atomic mass is 10.1. The number of ether oxygens (including phenoxy) is 4. The number of carbonyl (C=O) groups is 2. The topological polar surface area (TPSA) is 83.1 Å². The number of amides is 1. The number of hydrogen-bond acceptors (Lipinski definition) is 6. The molecule has 0 aromatic heterocycles. The van der Waals surface area contributed by atoms with Crippen LogP contribution in [0.15, 0.2) is 24.3 Å². The van der Waals surface area contributed by atoms with Crippen molar-refractivity contribution in [2.24, 2.45) is 5.92 Å². The number of methoxy groups -OCH3 is 1. The molecule has 1 amide bonds. The summed E-state index contributed by atoms with van der Waals surface area (Å²) in [5.74, 6) is 0.520. The Bertz CT molecular complexity index is 623. The Morgan fingerprint density at radius 1 is 1.10 bits per heavy atom. The van der Waals surface area contributed by atoms with Gasteiger partial charge in [-0.2, -0.15) is 0 Å². The molecule has 1 N–H and O–H groups in total. The minimum absolute atomic E-state index is 0.0226. The van der Waals surface area contributed by atoms with Gasteiger partial charge in [-0.15, -0.1) is 0 Å². The highest BCUT2D eigenvalue weighted by atomic mass is 16.6. The molecule has 0 heterocycles. The predicted molar refractivity (Wildman–Crippen MR) is 111 cm³/mol. The third kappa shape index (κ3) is 10.7. The van der Waals surface area contributed by atoms with Crippen molar-refractivity contribution < 1.29 is 28.5 Å². The van der Waals surface area contributed by atoms with Crippen molar-refractivity contribution in [1.82, 2.24) is 5.32 Å². The first kappa shape index (κ1) is 24.8. The van der Waals surface area contributed by atoms with Gasteiger partial charge in [-0.05, 0) is 50.8 Å². The average molecular weight is 410 g/mol. The van der Waals surface area contributed by atoms with Gasteiger partial charge in [0, 0.05) is 6.61 Å². The summed E-state index contributed by atoms with van der Waals surface area (Å²) in [6, 6.07) is 6.25. The van der Waals surface area contributed by atoms with E-state index in [9.17, 15) is 9.59 Å². The predicted octanol–water partition coefficient (Wildman–Crippen LogP) is 4.08. The molecule has 29 heavy (non-hydrogen) atoms. The summed E-state index contributed by atoms with van der Waals surface area (Å²) in [4.78, 5) is 24.7. The maximum absolute atomic E-state index is 12.5.